The van der Waals surface area contributed by atoms with E-state index >= 15 is 0 Å². The van der Waals surface area contributed by atoms with E-state index in [1.54, 1.807) is 0 Å². The monoisotopic (exact) mass is 230 g/mol. The van der Waals surface area contributed by atoms with E-state index in [1.807, 2.05) is 0 Å². The minimum absolute atomic E-state index is 0.297. The van der Waals surface area contributed by atoms with Crippen molar-refractivity contribution in [1.82, 2.24) is 0 Å². The first kappa shape index (κ1) is 15.9. The van der Waals surface area contributed by atoms with Crippen LogP contribution in [-0.2, 0) is 4.74 Å². The fraction of sp³-hybridized carbons (Fsp3) is 1.00. The highest BCUT2D eigenvalue weighted by atomic mass is 16.5. The normalized spacial score (nSPS) is 20.4. The molecule has 0 aliphatic carbocycles. The SMILES string of the molecule is CC(C)(CCCCO)C1CCCO1.CCC. The Kier molecular flexibility index (Phi) is 8.96. The lowest BCUT2D eigenvalue weighted by Gasteiger charge is -2.30. The summed E-state index contributed by atoms with van der Waals surface area (Å²) in [5, 5.41) is 8.70. The maximum atomic E-state index is 8.70. The molecule has 2 heteroatoms. The molecular weight excluding hydrogens is 200 g/mol. The molecule has 0 aromatic rings. The van der Waals surface area contributed by atoms with Crippen LogP contribution < -0.4 is 0 Å². The molecule has 0 bridgehead atoms. The Morgan fingerprint density at radius 1 is 1.25 bits per heavy atom. The van der Waals surface area contributed by atoms with Crippen molar-refractivity contribution >= 4 is 0 Å². The summed E-state index contributed by atoms with van der Waals surface area (Å²) in [7, 11) is 0. The molecule has 0 radical (unpaired) electrons. The summed E-state index contributed by atoms with van der Waals surface area (Å²) in [6.07, 6.45) is 7.34. The van der Waals surface area contributed by atoms with Gasteiger partial charge in [-0.2, -0.15) is 0 Å². The second-order valence-electron chi connectivity index (χ2n) is 5.38. The van der Waals surface area contributed by atoms with Gasteiger partial charge < -0.3 is 9.84 Å². The zero-order valence-corrected chi connectivity index (χ0v) is 11.6. The number of rotatable bonds is 5. The second-order valence-corrected chi connectivity index (χ2v) is 5.38. The van der Waals surface area contributed by atoms with E-state index in [1.165, 1.54) is 19.3 Å². The van der Waals surface area contributed by atoms with Crippen molar-refractivity contribution in [3.63, 3.8) is 0 Å². The van der Waals surface area contributed by atoms with Crippen molar-refractivity contribution in [1.29, 1.82) is 0 Å². The lowest BCUT2D eigenvalue weighted by molar-refractivity contribution is 0.0125. The van der Waals surface area contributed by atoms with Gasteiger partial charge in [0, 0.05) is 13.2 Å². The minimum Gasteiger partial charge on any atom is -0.396 e. The Bertz CT molecular complexity index is 149. The quantitative estimate of drug-likeness (QED) is 0.728. The first-order valence-corrected chi connectivity index (χ1v) is 6.81. The number of hydrogen-bond donors (Lipinski definition) is 1. The molecule has 1 aliphatic heterocycles. The first-order valence-electron chi connectivity index (χ1n) is 6.81. The Morgan fingerprint density at radius 3 is 2.31 bits per heavy atom. The Balaban J connectivity index is 0.000000673. The molecule has 0 spiro atoms. The summed E-state index contributed by atoms with van der Waals surface area (Å²) in [5.74, 6) is 0. The molecule has 98 valence electrons. The third-order valence-corrected chi connectivity index (χ3v) is 3.03. The summed E-state index contributed by atoms with van der Waals surface area (Å²) >= 11 is 0. The van der Waals surface area contributed by atoms with Crippen LogP contribution in [0.5, 0.6) is 0 Å². The molecule has 0 amide bonds. The minimum atomic E-state index is 0.297. The van der Waals surface area contributed by atoms with Gasteiger partial charge in [-0.15, -0.1) is 0 Å². The number of unbranched alkanes of at least 4 members (excludes halogenated alkanes) is 1. The van der Waals surface area contributed by atoms with E-state index in [9.17, 15) is 0 Å². The van der Waals surface area contributed by atoms with Gasteiger partial charge in [-0.25, -0.2) is 0 Å². The summed E-state index contributed by atoms with van der Waals surface area (Å²) in [6.45, 7) is 10.1. The van der Waals surface area contributed by atoms with Crippen molar-refractivity contribution in [2.24, 2.45) is 5.41 Å². The molecule has 1 atom stereocenters. The van der Waals surface area contributed by atoms with E-state index in [2.05, 4.69) is 27.7 Å². The van der Waals surface area contributed by atoms with Crippen molar-refractivity contribution in [3.05, 3.63) is 0 Å². The highest BCUT2D eigenvalue weighted by Gasteiger charge is 2.32. The number of hydrogen-bond acceptors (Lipinski definition) is 2. The van der Waals surface area contributed by atoms with Gasteiger partial charge >= 0.3 is 0 Å². The maximum Gasteiger partial charge on any atom is 0.0626 e. The van der Waals surface area contributed by atoms with Crippen LogP contribution >= 0.6 is 0 Å². The fourth-order valence-corrected chi connectivity index (χ4v) is 2.05. The molecule has 1 N–H and O–H groups in total. The van der Waals surface area contributed by atoms with E-state index in [0.717, 1.165) is 25.9 Å². The molecule has 1 rings (SSSR count). The molecule has 0 saturated carbocycles. The average molecular weight is 230 g/mol. The van der Waals surface area contributed by atoms with Crippen LogP contribution in [-0.4, -0.2) is 24.4 Å². The van der Waals surface area contributed by atoms with Crippen LogP contribution in [0.15, 0.2) is 0 Å². The molecule has 1 heterocycles. The Morgan fingerprint density at radius 2 is 1.88 bits per heavy atom. The lowest BCUT2D eigenvalue weighted by atomic mass is 9.80. The van der Waals surface area contributed by atoms with Gasteiger partial charge in [0.15, 0.2) is 0 Å². The van der Waals surface area contributed by atoms with Gasteiger partial charge in [-0.05, 0) is 31.1 Å². The fourth-order valence-electron chi connectivity index (χ4n) is 2.05. The molecule has 0 aromatic heterocycles. The van der Waals surface area contributed by atoms with Crippen molar-refractivity contribution in [2.45, 2.75) is 72.3 Å². The molecule has 1 fully saturated rings. The van der Waals surface area contributed by atoms with Gasteiger partial charge in [0.25, 0.3) is 0 Å². The number of ether oxygens (including phenoxy) is 1. The molecular formula is C14H30O2. The third-order valence-electron chi connectivity index (χ3n) is 3.03. The van der Waals surface area contributed by atoms with Gasteiger partial charge in [-0.3, -0.25) is 0 Å². The molecule has 2 nitrogen and oxygen atoms in total. The van der Waals surface area contributed by atoms with Crippen LogP contribution in [0, 0.1) is 5.41 Å². The van der Waals surface area contributed by atoms with Crippen LogP contribution in [0.1, 0.15) is 66.2 Å². The van der Waals surface area contributed by atoms with Gasteiger partial charge in [-0.1, -0.05) is 40.5 Å². The van der Waals surface area contributed by atoms with E-state index in [4.69, 9.17) is 9.84 Å². The van der Waals surface area contributed by atoms with Gasteiger partial charge in [0.2, 0.25) is 0 Å². The predicted molar refractivity (Wildman–Crippen MR) is 69.7 cm³/mol. The van der Waals surface area contributed by atoms with Gasteiger partial charge in [0.05, 0.1) is 6.10 Å². The van der Waals surface area contributed by atoms with Crippen molar-refractivity contribution in [3.8, 4) is 0 Å². The molecule has 0 aromatic carbocycles. The zero-order valence-electron chi connectivity index (χ0n) is 11.6. The number of aliphatic hydroxyl groups is 1. The smallest absolute Gasteiger partial charge is 0.0626 e. The highest BCUT2D eigenvalue weighted by molar-refractivity contribution is 4.81. The average Bonchev–Trinajstić information content (AvgIpc) is 2.72. The van der Waals surface area contributed by atoms with Crippen LogP contribution in [0.2, 0.25) is 0 Å². The van der Waals surface area contributed by atoms with E-state index in [0.29, 0.717) is 18.1 Å². The zero-order chi connectivity index (χ0) is 12.4. The van der Waals surface area contributed by atoms with E-state index in [-0.39, 0.29) is 0 Å². The van der Waals surface area contributed by atoms with E-state index < -0.39 is 0 Å². The molecule has 1 unspecified atom stereocenters. The summed E-state index contributed by atoms with van der Waals surface area (Å²) in [6, 6.07) is 0. The van der Waals surface area contributed by atoms with Gasteiger partial charge in [0.1, 0.15) is 0 Å². The molecule has 16 heavy (non-hydrogen) atoms. The maximum absolute atomic E-state index is 8.70. The number of aliphatic hydroxyl groups excluding tert-OH is 1. The summed E-state index contributed by atoms with van der Waals surface area (Å²) in [4.78, 5) is 0. The standard InChI is InChI=1S/C11H22O2.C3H8/c1-11(2,7-3-4-8-12)10-6-5-9-13-10;1-3-2/h10,12H,3-9H2,1-2H3;3H2,1-2H3. The van der Waals surface area contributed by atoms with Crippen molar-refractivity contribution < 1.29 is 9.84 Å². The second kappa shape index (κ2) is 9.00. The Hall–Kier alpha value is -0.0800. The highest BCUT2D eigenvalue weighted by Crippen LogP contribution is 2.35. The molecule has 1 saturated heterocycles. The third kappa shape index (κ3) is 6.49. The van der Waals surface area contributed by atoms with Crippen molar-refractivity contribution in [2.75, 3.05) is 13.2 Å². The topological polar surface area (TPSA) is 29.5 Å². The Labute approximate surface area is 101 Å². The first-order chi connectivity index (χ1) is 7.58. The predicted octanol–water partition coefficient (Wildman–Crippen LogP) is 3.77. The van der Waals surface area contributed by atoms with Crippen LogP contribution in [0.3, 0.4) is 0 Å². The molecule has 1 aliphatic rings. The summed E-state index contributed by atoms with van der Waals surface area (Å²) in [5.41, 5.74) is 0.297. The van der Waals surface area contributed by atoms with Crippen LogP contribution in [0.4, 0.5) is 0 Å². The van der Waals surface area contributed by atoms with Crippen LogP contribution in [0.25, 0.3) is 0 Å². The lowest BCUT2D eigenvalue weighted by Crippen LogP contribution is -2.28. The largest absolute Gasteiger partial charge is 0.396 e. The summed E-state index contributed by atoms with van der Waals surface area (Å²) < 4.78 is 5.69.